The highest BCUT2D eigenvalue weighted by Crippen LogP contribution is 2.45. The van der Waals surface area contributed by atoms with Crippen LogP contribution >= 0.6 is 0 Å². The molecule has 2 fully saturated rings. The third-order valence-electron chi connectivity index (χ3n) is 6.51. The van der Waals surface area contributed by atoms with E-state index in [0.717, 1.165) is 11.8 Å². The molecule has 1 atom stereocenters. The molecule has 0 aliphatic carbocycles. The van der Waals surface area contributed by atoms with Crippen molar-refractivity contribution >= 4 is 0 Å². The zero-order chi connectivity index (χ0) is 15.9. The molecule has 0 bridgehead atoms. The van der Waals surface area contributed by atoms with Crippen LogP contribution in [0.3, 0.4) is 0 Å². The Bertz CT molecular complexity index is 339. The van der Waals surface area contributed by atoms with Crippen molar-refractivity contribution in [1.82, 2.24) is 10.2 Å². The van der Waals surface area contributed by atoms with Crippen molar-refractivity contribution in [2.45, 2.75) is 73.3 Å². The van der Waals surface area contributed by atoms with Crippen LogP contribution in [0.4, 0.5) is 0 Å². The fourth-order valence-electron chi connectivity index (χ4n) is 3.89. The van der Waals surface area contributed by atoms with Crippen molar-refractivity contribution in [1.29, 1.82) is 0 Å². The summed E-state index contributed by atoms with van der Waals surface area (Å²) in [7, 11) is 0. The Kier molecular flexibility index (Phi) is 4.81. The second kappa shape index (κ2) is 5.85. The Morgan fingerprint density at radius 2 is 1.38 bits per heavy atom. The number of nitrogens with one attached hydrogen (secondary N) is 1. The van der Waals surface area contributed by atoms with Gasteiger partial charge in [-0.15, -0.1) is 0 Å². The largest absolute Gasteiger partial charge is 0.316 e. The molecular weight excluding hydrogens is 256 g/mol. The molecule has 2 heteroatoms. The van der Waals surface area contributed by atoms with Crippen LogP contribution in [-0.2, 0) is 0 Å². The summed E-state index contributed by atoms with van der Waals surface area (Å²) in [6.45, 7) is 22.0. The lowest BCUT2D eigenvalue weighted by molar-refractivity contribution is -0.0478. The minimum atomic E-state index is 0.349. The van der Waals surface area contributed by atoms with E-state index in [1.165, 1.54) is 45.4 Å². The first-order valence-corrected chi connectivity index (χ1v) is 8.98. The maximum absolute atomic E-state index is 3.54. The molecule has 124 valence electrons. The third kappa shape index (κ3) is 4.01. The van der Waals surface area contributed by atoms with E-state index in [1.54, 1.807) is 0 Å². The molecule has 0 spiro atoms. The summed E-state index contributed by atoms with van der Waals surface area (Å²) in [5.41, 5.74) is 1.33. The van der Waals surface area contributed by atoms with Crippen LogP contribution in [0.2, 0.25) is 0 Å². The Balaban J connectivity index is 1.82. The van der Waals surface area contributed by atoms with Gasteiger partial charge in [-0.1, -0.05) is 27.7 Å². The lowest BCUT2D eigenvalue weighted by Gasteiger charge is -2.54. The van der Waals surface area contributed by atoms with Gasteiger partial charge in [0, 0.05) is 18.6 Å². The smallest absolute Gasteiger partial charge is 0.0125 e. The predicted molar refractivity (Wildman–Crippen MR) is 92.6 cm³/mol. The summed E-state index contributed by atoms with van der Waals surface area (Å²) in [4.78, 5) is 2.63. The zero-order valence-electron chi connectivity index (χ0n) is 15.6. The summed E-state index contributed by atoms with van der Waals surface area (Å²) < 4.78 is 0. The number of nitrogens with zero attached hydrogens (tertiary/aromatic N) is 1. The second-order valence-corrected chi connectivity index (χ2v) is 9.94. The van der Waals surface area contributed by atoms with E-state index in [0.29, 0.717) is 16.4 Å². The van der Waals surface area contributed by atoms with Gasteiger partial charge in [0.25, 0.3) is 0 Å². The SMILES string of the molecule is CC(C)(CCC(C)(C)C1CN(C(C)(C)C)C1)C1CCNC1. The Morgan fingerprint density at radius 3 is 1.81 bits per heavy atom. The molecule has 1 N–H and O–H groups in total. The summed E-state index contributed by atoms with van der Waals surface area (Å²) >= 11 is 0. The van der Waals surface area contributed by atoms with E-state index < -0.39 is 0 Å². The zero-order valence-corrected chi connectivity index (χ0v) is 15.6. The van der Waals surface area contributed by atoms with Gasteiger partial charge in [0.1, 0.15) is 0 Å². The highest BCUT2D eigenvalue weighted by Gasteiger charge is 2.43. The van der Waals surface area contributed by atoms with Crippen LogP contribution in [0.1, 0.15) is 67.7 Å². The molecule has 0 aromatic heterocycles. The summed E-state index contributed by atoms with van der Waals surface area (Å²) in [6, 6.07) is 0. The van der Waals surface area contributed by atoms with Gasteiger partial charge in [-0.3, -0.25) is 4.90 Å². The fraction of sp³-hybridized carbons (Fsp3) is 1.00. The molecule has 2 rings (SSSR count). The topological polar surface area (TPSA) is 15.3 Å². The first-order valence-electron chi connectivity index (χ1n) is 8.98. The van der Waals surface area contributed by atoms with Crippen molar-refractivity contribution in [2.24, 2.45) is 22.7 Å². The molecule has 0 saturated carbocycles. The van der Waals surface area contributed by atoms with Crippen LogP contribution in [0.5, 0.6) is 0 Å². The van der Waals surface area contributed by atoms with Crippen LogP contribution in [0.25, 0.3) is 0 Å². The monoisotopic (exact) mass is 294 g/mol. The summed E-state index contributed by atoms with van der Waals surface area (Å²) in [5.74, 6) is 1.76. The van der Waals surface area contributed by atoms with Gasteiger partial charge in [-0.2, -0.15) is 0 Å². The highest BCUT2D eigenvalue weighted by atomic mass is 15.2. The van der Waals surface area contributed by atoms with Gasteiger partial charge in [0.2, 0.25) is 0 Å². The van der Waals surface area contributed by atoms with E-state index in [1.807, 2.05) is 0 Å². The van der Waals surface area contributed by atoms with Gasteiger partial charge in [0.15, 0.2) is 0 Å². The minimum absolute atomic E-state index is 0.349. The summed E-state index contributed by atoms with van der Waals surface area (Å²) in [5, 5.41) is 3.54. The number of hydrogen-bond donors (Lipinski definition) is 1. The Hall–Kier alpha value is -0.0800. The van der Waals surface area contributed by atoms with Gasteiger partial charge >= 0.3 is 0 Å². The molecule has 2 saturated heterocycles. The van der Waals surface area contributed by atoms with Crippen molar-refractivity contribution in [3.05, 3.63) is 0 Å². The highest BCUT2D eigenvalue weighted by molar-refractivity contribution is 4.96. The molecule has 2 aliphatic rings. The lowest BCUT2D eigenvalue weighted by atomic mass is 9.66. The first kappa shape index (κ1) is 17.3. The molecule has 2 nitrogen and oxygen atoms in total. The quantitative estimate of drug-likeness (QED) is 0.819. The van der Waals surface area contributed by atoms with Gasteiger partial charge < -0.3 is 5.32 Å². The second-order valence-electron chi connectivity index (χ2n) is 9.94. The van der Waals surface area contributed by atoms with Gasteiger partial charge in [0.05, 0.1) is 0 Å². The normalized spacial score (nSPS) is 26.1. The molecular formula is C19H38N2. The van der Waals surface area contributed by atoms with Gasteiger partial charge in [-0.25, -0.2) is 0 Å². The summed E-state index contributed by atoms with van der Waals surface area (Å²) in [6.07, 6.45) is 4.12. The van der Waals surface area contributed by atoms with E-state index in [9.17, 15) is 0 Å². The average molecular weight is 295 g/mol. The lowest BCUT2D eigenvalue weighted by Crippen LogP contribution is -2.59. The van der Waals surface area contributed by atoms with Crippen LogP contribution in [0.15, 0.2) is 0 Å². The van der Waals surface area contributed by atoms with E-state index in [-0.39, 0.29) is 0 Å². The average Bonchev–Trinajstić information content (AvgIpc) is 2.75. The minimum Gasteiger partial charge on any atom is -0.316 e. The maximum atomic E-state index is 3.54. The fourth-order valence-corrected chi connectivity index (χ4v) is 3.89. The maximum Gasteiger partial charge on any atom is 0.0125 e. The number of hydrogen-bond acceptors (Lipinski definition) is 2. The molecule has 2 aliphatic heterocycles. The van der Waals surface area contributed by atoms with Crippen molar-refractivity contribution in [3.63, 3.8) is 0 Å². The number of likely N-dealkylation sites (tertiary alicyclic amines) is 1. The van der Waals surface area contributed by atoms with Gasteiger partial charge in [-0.05, 0) is 75.8 Å². The van der Waals surface area contributed by atoms with Crippen LogP contribution in [-0.4, -0.2) is 36.6 Å². The molecule has 0 aromatic carbocycles. The molecule has 0 radical (unpaired) electrons. The molecule has 2 heterocycles. The number of rotatable bonds is 5. The van der Waals surface area contributed by atoms with Crippen molar-refractivity contribution in [2.75, 3.05) is 26.2 Å². The predicted octanol–water partition coefficient (Wildman–Crippen LogP) is 4.16. The van der Waals surface area contributed by atoms with Crippen molar-refractivity contribution in [3.8, 4) is 0 Å². The van der Waals surface area contributed by atoms with Crippen molar-refractivity contribution < 1.29 is 0 Å². The molecule has 21 heavy (non-hydrogen) atoms. The third-order valence-corrected chi connectivity index (χ3v) is 6.51. The molecule has 0 amide bonds. The standard InChI is InChI=1S/C19H38N2/c1-17(2,3)21-13-16(14-21)19(6,7)10-9-18(4,5)15-8-11-20-12-15/h15-16,20H,8-14H2,1-7H3. The van der Waals surface area contributed by atoms with E-state index in [4.69, 9.17) is 0 Å². The first-order chi connectivity index (χ1) is 9.52. The molecule has 1 unspecified atom stereocenters. The van der Waals surface area contributed by atoms with Crippen LogP contribution < -0.4 is 5.32 Å². The van der Waals surface area contributed by atoms with E-state index >= 15 is 0 Å². The Labute approximate surface area is 133 Å². The Morgan fingerprint density at radius 1 is 0.857 bits per heavy atom. The van der Waals surface area contributed by atoms with E-state index in [2.05, 4.69) is 58.7 Å². The van der Waals surface area contributed by atoms with Crippen LogP contribution in [0, 0.1) is 22.7 Å². The molecule has 0 aromatic rings.